The van der Waals surface area contributed by atoms with E-state index in [1.54, 1.807) is 0 Å². The summed E-state index contributed by atoms with van der Waals surface area (Å²) in [7, 11) is 0. The molecular weight excluding hydrogens is 299 g/mol. The predicted octanol–water partition coefficient (Wildman–Crippen LogP) is 3.63. The van der Waals surface area contributed by atoms with Gasteiger partial charge in [0.05, 0.1) is 0 Å². The Hall–Kier alpha value is -1.11. The van der Waals surface area contributed by atoms with Crippen LogP contribution in [0.25, 0.3) is 0 Å². The van der Waals surface area contributed by atoms with Crippen LogP contribution in [0.5, 0.6) is 0 Å². The summed E-state index contributed by atoms with van der Waals surface area (Å²) in [5, 5.41) is 0. The Balaban J connectivity index is 2.09. The summed E-state index contributed by atoms with van der Waals surface area (Å²) < 4.78 is 1.58. The Labute approximate surface area is 123 Å². The summed E-state index contributed by atoms with van der Waals surface area (Å²) in [5.41, 5.74) is 1.23. The quantitative estimate of drug-likeness (QED) is 0.386. The molecule has 0 amide bonds. The number of carbonyl (C=O) groups is 1. The van der Waals surface area contributed by atoms with Gasteiger partial charge in [-0.15, -0.1) is 0 Å². The molecule has 0 fully saturated rings. The van der Waals surface area contributed by atoms with Gasteiger partial charge in [0.2, 0.25) is 0 Å². The number of rotatable bonds is 9. The number of hydrogen-bond donors (Lipinski definition) is 0. The maximum atomic E-state index is 11.8. The number of benzene rings is 1. The minimum absolute atomic E-state index is 0.00900. The maximum absolute atomic E-state index is 11.8. The van der Waals surface area contributed by atoms with Crippen molar-refractivity contribution in [2.45, 2.75) is 39.0 Å². The molecule has 0 unspecified atom stereocenters. The summed E-state index contributed by atoms with van der Waals surface area (Å²) in [6.07, 6.45) is 9.19. The summed E-state index contributed by atoms with van der Waals surface area (Å²) in [6, 6.07) is 10.0. The molecule has 0 spiro atoms. The van der Waals surface area contributed by atoms with Gasteiger partial charge in [0.15, 0.2) is 0 Å². The molecule has 0 bridgehead atoms. The second-order valence-electron chi connectivity index (χ2n) is 4.65. The minimum atomic E-state index is -0.00900. The third-order valence-electron chi connectivity index (χ3n) is 2.63. The Kier molecular flexibility index (Phi) is 8.20. The van der Waals surface area contributed by atoms with Crippen molar-refractivity contribution in [2.75, 3.05) is 0 Å². The van der Waals surface area contributed by atoms with Crippen molar-refractivity contribution < 1.29 is 4.79 Å². The van der Waals surface area contributed by atoms with Crippen LogP contribution in [-0.2, 0) is 4.79 Å². The molecule has 0 aromatic heterocycles. The van der Waals surface area contributed by atoms with Crippen molar-refractivity contribution in [1.29, 1.82) is 0 Å². The number of carbonyl (C=O) groups excluding carboxylic acids is 1. The summed E-state index contributed by atoms with van der Waals surface area (Å²) in [4.78, 5) is 11.8. The van der Waals surface area contributed by atoms with Crippen molar-refractivity contribution >= 4 is 24.1 Å². The van der Waals surface area contributed by atoms with Crippen LogP contribution in [-0.4, -0.2) is 19.6 Å². The van der Waals surface area contributed by atoms with Gasteiger partial charge in [-0.3, -0.25) is 0 Å². The van der Waals surface area contributed by atoms with Crippen LogP contribution < -0.4 is 4.46 Å². The van der Waals surface area contributed by atoms with E-state index in [0.717, 1.165) is 25.7 Å². The third kappa shape index (κ3) is 8.58. The molecule has 1 aromatic rings. The number of unbranched alkanes of at least 4 members (excludes halogenated alkanes) is 1. The van der Waals surface area contributed by atoms with Crippen LogP contribution in [0.3, 0.4) is 0 Å². The van der Waals surface area contributed by atoms with Crippen LogP contribution in [0, 0.1) is 0 Å². The van der Waals surface area contributed by atoms with E-state index in [2.05, 4.69) is 25.7 Å². The summed E-state index contributed by atoms with van der Waals surface area (Å²) >= 11 is -0.00900. The van der Waals surface area contributed by atoms with Crippen molar-refractivity contribution in [3.8, 4) is 0 Å². The first kappa shape index (κ1) is 15.9. The molecule has 0 atom stereocenters. The molecule has 0 radical (unpaired) electrons. The molecule has 19 heavy (non-hydrogen) atoms. The van der Waals surface area contributed by atoms with E-state index in [-0.39, 0.29) is 15.0 Å². The third-order valence-corrected chi connectivity index (χ3v) is 4.60. The molecule has 0 aliphatic carbocycles. The normalized spacial score (nSPS) is 10.8. The average Bonchev–Trinajstić information content (AvgIpc) is 2.38. The van der Waals surface area contributed by atoms with Gasteiger partial charge in [-0.25, -0.2) is 0 Å². The van der Waals surface area contributed by atoms with Crippen molar-refractivity contribution in [3.63, 3.8) is 0 Å². The molecule has 0 saturated heterocycles. The molecule has 0 heterocycles. The van der Waals surface area contributed by atoms with E-state index < -0.39 is 0 Å². The van der Waals surface area contributed by atoms with E-state index in [0.29, 0.717) is 11.1 Å². The van der Waals surface area contributed by atoms with Gasteiger partial charge in [0, 0.05) is 0 Å². The molecule has 0 aliphatic heterocycles. The van der Waals surface area contributed by atoms with Gasteiger partial charge in [0.25, 0.3) is 0 Å². The molecule has 1 rings (SSSR count). The van der Waals surface area contributed by atoms with Gasteiger partial charge in [0.1, 0.15) is 0 Å². The Morgan fingerprint density at radius 3 is 2.53 bits per heavy atom. The predicted molar refractivity (Wildman–Crippen MR) is 83.9 cm³/mol. The van der Waals surface area contributed by atoms with Gasteiger partial charge in [-0.05, 0) is 0 Å². The fourth-order valence-electron chi connectivity index (χ4n) is 1.60. The van der Waals surface area contributed by atoms with Crippen LogP contribution in [0.4, 0.5) is 0 Å². The molecule has 0 saturated carbocycles. The molecule has 0 aliphatic rings. The fraction of sp³-hybridized carbons (Fsp3) is 0.353. The Bertz CT molecular complexity index is 420. The van der Waals surface area contributed by atoms with E-state index in [1.165, 1.54) is 10.0 Å². The van der Waals surface area contributed by atoms with E-state index in [4.69, 9.17) is 0 Å². The second-order valence-corrected chi connectivity index (χ2v) is 7.02. The zero-order valence-electron chi connectivity index (χ0n) is 11.6. The van der Waals surface area contributed by atoms with Gasteiger partial charge in [-0.1, -0.05) is 0 Å². The van der Waals surface area contributed by atoms with Crippen LogP contribution in [0.2, 0.25) is 0 Å². The molecule has 1 nitrogen and oxygen atoms in total. The molecule has 0 N–H and O–H groups in total. The Morgan fingerprint density at radius 2 is 1.84 bits per heavy atom. The topological polar surface area (TPSA) is 17.1 Å². The first-order chi connectivity index (χ1) is 9.18. The van der Waals surface area contributed by atoms with Crippen molar-refractivity contribution in [1.82, 2.24) is 0 Å². The van der Waals surface area contributed by atoms with Gasteiger partial charge in [-0.2, -0.15) is 0 Å². The average molecular weight is 321 g/mol. The van der Waals surface area contributed by atoms with Gasteiger partial charge < -0.3 is 0 Å². The van der Waals surface area contributed by atoms with E-state index >= 15 is 0 Å². The summed E-state index contributed by atoms with van der Waals surface area (Å²) in [6.45, 7) is 5.93. The van der Waals surface area contributed by atoms with Gasteiger partial charge >= 0.3 is 123 Å². The first-order valence-electron chi connectivity index (χ1n) is 6.73. The standard InChI is InChI=1S/C17H22OSe/c1-15(2)11-7-4-3-5-10-14-17(18)19-16-12-8-6-9-13-16/h3-4,6,8-9,12-13H,1,5,7,10-11,14H2,2H3/b4-3+. The monoisotopic (exact) mass is 322 g/mol. The van der Waals surface area contributed by atoms with Crippen molar-refractivity contribution in [3.05, 3.63) is 54.6 Å². The number of hydrogen-bond acceptors (Lipinski definition) is 1. The molecule has 2 heteroatoms. The second kappa shape index (κ2) is 9.77. The zero-order valence-corrected chi connectivity index (χ0v) is 13.3. The molecule has 1 aromatic carbocycles. The summed E-state index contributed by atoms with van der Waals surface area (Å²) in [5.74, 6) is 0. The van der Waals surface area contributed by atoms with Crippen LogP contribution >= 0.6 is 0 Å². The van der Waals surface area contributed by atoms with Crippen molar-refractivity contribution in [2.24, 2.45) is 0 Å². The van der Waals surface area contributed by atoms with E-state index in [9.17, 15) is 4.79 Å². The molecule has 102 valence electrons. The first-order valence-corrected chi connectivity index (χ1v) is 8.45. The van der Waals surface area contributed by atoms with E-state index in [1.807, 2.05) is 30.3 Å². The van der Waals surface area contributed by atoms with Crippen LogP contribution in [0.15, 0.2) is 54.6 Å². The zero-order chi connectivity index (χ0) is 13.9. The SMILES string of the molecule is C=C(C)CC/C=C/CCCC(=O)[Se]c1ccccc1. The Morgan fingerprint density at radius 1 is 1.16 bits per heavy atom. The van der Waals surface area contributed by atoms with Crippen LogP contribution in [0.1, 0.15) is 39.0 Å². The molecular formula is C17H22OSe. The fourth-order valence-corrected chi connectivity index (χ4v) is 3.28. The number of allylic oxidation sites excluding steroid dienone is 3.